The second-order valence-electron chi connectivity index (χ2n) is 4.05. The largest absolute Gasteiger partial charge is 0.322 e. The highest BCUT2D eigenvalue weighted by Gasteiger charge is 1.95. The fourth-order valence-electron chi connectivity index (χ4n) is 1.46. The van der Waals surface area contributed by atoms with Gasteiger partial charge in [-0.1, -0.05) is 25.7 Å². The van der Waals surface area contributed by atoms with Gasteiger partial charge in [0.1, 0.15) is 0 Å². The maximum absolute atomic E-state index is 11.1. The van der Waals surface area contributed by atoms with Crippen molar-refractivity contribution in [1.29, 1.82) is 0 Å². The van der Waals surface area contributed by atoms with Crippen molar-refractivity contribution in [2.24, 2.45) is 5.92 Å². The molecule has 0 amide bonds. The summed E-state index contributed by atoms with van der Waals surface area (Å²) in [6, 6.07) is 9.14. The number of hydrogen-bond donors (Lipinski definition) is 1. The summed E-state index contributed by atoms with van der Waals surface area (Å²) in [4.78, 5) is 13.9. The first-order valence-electron chi connectivity index (χ1n) is 5.30. The predicted molar refractivity (Wildman–Crippen MR) is 66.3 cm³/mol. The summed E-state index contributed by atoms with van der Waals surface area (Å²) in [7, 11) is 0. The normalized spacial score (nSPS) is 10.2. The Kier molecular flexibility index (Phi) is 2.78. The third-order valence-corrected chi connectivity index (χ3v) is 2.23. The molecular formula is C14H13NO. The molecule has 0 atom stereocenters. The van der Waals surface area contributed by atoms with Gasteiger partial charge < -0.3 is 4.98 Å². The molecule has 0 aliphatic carbocycles. The highest BCUT2D eigenvalue weighted by atomic mass is 16.1. The Bertz CT molecular complexity index is 626. The van der Waals surface area contributed by atoms with Crippen LogP contribution in [0.25, 0.3) is 10.9 Å². The summed E-state index contributed by atoms with van der Waals surface area (Å²) in [6.07, 6.45) is 0. The Balaban J connectivity index is 2.50. The first kappa shape index (κ1) is 10.5. The molecule has 16 heavy (non-hydrogen) atoms. The number of aromatic nitrogens is 1. The van der Waals surface area contributed by atoms with E-state index in [1.807, 2.05) is 24.3 Å². The molecule has 80 valence electrons. The van der Waals surface area contributed by atoms with Crippen LogP contribution >= 0.6 is 0 Å². The van der Waals surface area contributed by atoms with Gasteiger partial charge >= 0.3 is 0 Å². The van der Waals surface area contributed by atoms with E-state index in [0.717, 1.165) is 16.5 Å². The first-order valence-corrected chi connectivity index (χ1v) is 5.30. The van der Waals surface area contributed by atoms with E-state index < -0.39 is 0 Å². The Hall–Kier alpha value is -2.01. The van der Waals surface area contributed by atoms with Crippen LogP contribution in [-0.4, -0.2) is 4.98 Å². The van der Waals surface area contributed by atoms with Gasteiger partial charge in [0.05, 0.1) is 0 Å². The van der Waals surface area contributed by atoms with Crippen LogP contribution in [-0.2, 0) is 0 Å². The Morgan fingerprint density at radius 3 is 2.75 bits per heavy atom. The zero-order valence-corrected chi connectivity index (χ0v) is 9.37. The molecule has 2 aromatic rings. The number of H-pyrrole nitrogens is 1. The number of nitrogens with one attached hydrogen (secondary N) is 1. The zero-order valence-electron chi connectivity index (χ0n) is 9.37. The molecule has 0 radical (unpaired) electrons. The van der Waals surface area contributed by atoms with Crippen LogP contribution in [0.2, 0.25) is 0 Å². The van der Waals surface area contributed by atoms with Crippen molar-refractivity contribution < 1.29 is 0 Å². The molecule has 0 saturated heterocycles. The lowest BCUT2D eigenvalue weighted by Gasteiger charge is -1.97. The summed E-state index contributed by atoms with van der Waals surface area (Å²) in [5.41, 5.74) is 1.75. The van der Waals surface area contributed by atoms with E-state index in [2.05, 4.69) is 30.7 Å². The molecule has 0 saturated carbocycles. The smallest absolute Gasteiger partial charge is 0.248 e. The minimum Gasteiger partial charge on any atom is -0.322 e. The quantitative estimate of drug-likeness (QED) is 0.667. The molecule has 0 aliphatic rings. The van der Waals surface area contributed by atoms with Crippen LogP contribution in [0, 0.1) is 17.8 Å². The van der Waals surface area contributed by atoms with E-state index in [9.17, 15) is 4.79 Å². The zero-order chi connectivity index (χ0) is 11.5. The Morgan fingerprint density at radius 2 is 2.00 bits per heavy atom. The molecular weight excluding hydrogens is 198 g/mol. The van der Waals surface area contributed by atoms with Crippen LogP contribution < -0.4 is 5.56 Å². The average Bonchev–Trinajstić information content (AvgIpc) is 2.26. The van der Waals surface area contributed by atoms with Gasteiger partial charge in [-0.05, 0) is 29.7 Å². The molecule has 0 aliphatic heterocycles. The SMILES string of the molecule is CC(C)C#Cc1ccc2[nH]c(=O)ccc2c1. The summed E-state index contributed by atoms with van der Waals surface area (Å²) < 4.78 is 0. The van der Waals surface area contributed by atoms with Gasteiger partial charge in [0.25, 0.3) is 0 Å². The van der Waals surface area contributed by atoms with Crippen LogP contribution in [0.1, 0.15) is 19.4 Å². The molecule has 1 N–H and O–H groups in total. The first-order chi connectivity index (χ1) is 7.65. The number of rotatable bonds is 0. The van der Waals surface area contributed by atoms with Gasteiger partial charge in [0, 0.05) is 23.1 Å². The molecule has 1 aromatic carbocycles. The van der Waals surface area contributed by atoms with E-state index in [0.29, 0.717) is 5.92 Å². The Labute approximate surface area is 94.3 Å². The molecule has 2 heteroatoms. The van der Waals surface area contributed by atoms with E-state index in [1.165, 1.54) is 6.07 Å². The second kappa shape index (κ2) is 4.24. The lowest BCUT2D eigenvalue weighted by molar-refractivity contribution is 0.866. The fraction of sp³-hybridized carbons (Fsp3) is 0.214. The van der Waals surface area contributed by atoms with Gasteiger partial charge in [-0.3, -0.25) is 4.79 Å². The van der Waals surface area contributed by atoms with E-state index in [1.54, 1.807) is 0 Å². The van der Waals surface area contributed by atoms with Gasteiger partial charge in [-0.2, -0.15) is 0 Å². The van der Waals surface area contributed by atoms with E-state index >= 15 is 0 Å². The average molecular weight is 211 g/mol. The van der Waals surface area contributed by atoms with Crippen molar-refractivity contribution in [3.8, 4) is 11.8 Å². The number of hydrogen-bond acceptors (Lipinski definition) is 1. The standard InChI is InChI=1S/C14H13NO/c1-10(2)3-4-11-5-7-13-12(9-11)6-8-14(16)15-13/h5-10H,1-2H3,(H,15,16). The monoisotopic (exact) mass is 211 g/mol. The molecule has 0 unspecified atom stereocenters. The third-order valence-electron chi connectivity index (χ3n) is 2.23. The molecule has 0 bridgehead atoms. The number of aromatic amines is 1. The van der Waals surface area contributed by atoms with E-state index in [-0.39, 0.29) is 5.56 Å². The predicted octanol–water partition coefficient (Wildman–Crippen LogP) is 2.54. The van der Waals surface area contributed by atoms with Crippen molar-refractivity contribution in [3.63, 3.8) is 0 Å². The van der Waals surface area contributed by atoms with Crippen molar-refractivity contribution in [3.05, 3.63) is 46.2 Å². The van der Waals surface area contributed by atoms with Gasteiger partial charge in [-0.25, -0.2) is 0 Å². The minimum atomic E-state index is -0.0754. The van der Waals surface area contributed by atoms with Gasteiger partial charge in [0.15, 0.2) is 0 Å². The van der Waals surface area contributed by atoms with Crippen molar-refractivity contribution in [2.75, 3.05) is 0 Å². The van der Waals surface area contributed by atoms with E-state index in [4.69, 9.17) is 0 Å². The number of fused-ring (bicyclic) bond motifs is 1. The van der Waals surface area contributed by atoms with Crippen LogP contribution in [0.4, 0.5) is 0 Å². The molecule has 0 fully saturated rings. The van der Waals surface area contributed by atoms with Gasteiger partial charge in [-0.15, -0.1) is 0 Å². The fourth-order valence-corrected chi connectivity index (χ4v) is 1.46. The summed E-state index contributed by atoms with van der Waals surface area (Å²) in [6.45, 7) is 4.12. The third kappa shape index (κ3) is 2.32. The molecule has 2 nitrogen and oxygen atoms in total. The number of benzene rings is 1. The van der Waals surface area contributed by atoms with Crippen LogP contribution in [0.5, 0.6) is 0 Å². The molecule has 1 heterocycles. The summed E-state index contributed by atoms with van der Waals surface area (Å²) in [5.74, 6) is 6.59. The van der Waals surface area contributed by atoms with Crippen molar-refractivity contribution in [2.45, 2.75) is 13.8 Å². The van der Waals surface area contributed by atoms with Gasteiger partial charge in [0.2, 0.25) is 5.56 Å². The second-order valence-corrected chi connectivity index (χ2v) is 4.05. The lowest BCUT2D eigenvalue weighted by Crippen LogP contribution is -2.02. The van der Waals surface area contributed by atoms with Crippen LogP contribution in [0.3, 0.4) is 0 Å². The highest BCUT2D eigenvalue weighted by Crippen LogP contribution is 2.11. The van der Waals surface area contributed by atoms with Crippen molar-refractivity contribution in [1.82, 2.24) is 4.98 Å². The molecule has 1 aromatic heterocycles. The molecule has 0 spiro atoms. The topological polar surface area (TPSA) is 32.9 Å². The Morgan fingerprint density at radius 1 is 1.19 bits per heavy atom. The summed E-state index contributed by atoms with van der Waals surface area (Å²) >= 11 is 0. The molecule has 2 rings (SSSR count). The maximum atomic E-state index is 11.1. The number of pyridine rings is 1. The minimum absolute atomic E-state index is 0.0754. The summed E-state index contributed by atoms with van der Waals surface area (Å²) in [5, 5.41) is 1.01. The maximum Gasteiger partial charge on any atom is 0.248 e. The lowest BCUT2D eigenvalue weighted by atomic mass is 10.1. The van der Waals surface area contributed by atoms with Crippen molar-refractivity contribution >= 4 is 10.9 Å². The van der Waals surface area contributed by atoms with Crippen LogP contribution in [0.15, 0.2) is 35.1 Å². The highest BCUT2D eigenvalue weighted by molar-refractivity contribution is 5.79.